The first-order valence-corrected chi connectivity index (χ1v) is 10.2. The van der Waals surface area contributed by atoms with Crippen molar-refractivity contribution in [2.75, 3.05) is 0 Å². The van der Waals surface area contributed by atoms with Gasteiger partial charge in [0.1, 0.15) is 17.1 Å². The Kier molecular flexibility index (Phi) is 5.35. The van der Waals surface area contributed by atoms with Crippen LogP contribution in [0.15, 0.2) is 48.7 Å². The molecule has 0 aliphatic heterocycles. The highest BCUT2D eigenvalue weighted by Gasteiger charge is 2.17. The molecule has 0 fully saturated rings. The first kappa shape index (κ1) is 19.8. The maximum absolute atomic E-state index is 11.3. The van der Waals surface area contributed by atoms with Crippen LogP contribution in [0.4, 0.5) is 5.69 Å². The van der Waals surface area contributed by atoms with E-state index < -0.39 is 4.92 Å². The first-order chi connectivity index (χ1) is 14.5. The van der Waals surface area contributed by atoms with Crippen molar-refractivity contribution in [2.24, 2.45) is 5.92 Å². The van der Waals surface area contributed by atoms with Crippen molar-refractivity contribution in [3.63, 3.8) is 0 Å². The molecular weight excluding hydrogens is 380 g/mol. The molecule has 2 aromatic carbocycles. The summed E-state index contributed by atoms with van der Waals surface area (Å²) in [5, 5.41) is 12.3. The Morgan fingerprint density at radius 2 is 1.97 bits per heavy atom. The number of hydrogen-bond donors (Lipinski definition) is 0. The summed E-state index contributed by atoms with van der Waals surface area (Å²) in [4.78, 5) is 20.2. The van der Waals surface area contributed by atoms with Gasteiger partial charge in [-0.05, 0) is 30.5 Å². The highest BCUT2D eigenvalue weighted by molar-refractivity contribution is 6.02. The lowest BCUT2D eigenvalue weighted by molar-refractivity contribution is -0.385. The minimum absolute atomic E-state index is 0.0692. The van der Waals surface area contributed by atoms with E-state index in [0.29, 0.717) is 11.7 Å². The molecule has 0 aliphatic carbocycles. The van der Waals surface area contributed by atoms with E-state index in [2.05, 4.69) is 30.3 Å². The highest BCUT2D eigenvalue weighted by Crippen LogP contribution is 2.33. The number of pyridine rings is 1. The molecule has 0 bridgehead atoms. The van der Waals surface area contributed by atoms with E-state index in [-0.39, 0.29) is 11.4 Å². The third-order valence-corrected chi connectivity index (χ3v) is 4.93. The molecule has 4 rings (SSSR count). The number of benzene rings is 2. The van der Waals surface area contributed by atoms with E-state index >= 15 is 0 Å². The second kappa shape index (κ2) is 8.10. The molecule has 0 saturated heterocycles. The van der Waals surface area contributed by atoms with Gasteiger partial charge in [0.05, 0.1) is 22.2 Å². The van der Waals surface area contributed by atoms with Gasteiger partial charge in [0, 0.05) is 30.5 Å². The predicted molar refractivity (Wildman–Crippen MR) is 117 cm³/mol. The molecule has 7 heteroatoms. The fourth-order valence-electron chi connectivity index (χ4n) is 3.70. The largest absolute Gasteiger partial charge is 0.450 e. The van der Waals surface area contributed by atoms with E-state index in [4.69, 9.17) is 9.72 Å². The zero-order valence-corrected chi connectivity index (χ0v) is 17.3. The number of rotatable bonds is 7. The number of nitro groups is 1. The van der Waals surface area contributed by atoms with Gasteiger partial charge in [-0.15, -0.1) is 0 Å². The van der Waals surface area contributed by atoms with Crippen LogP contribution in [-0.2, 0) is 13.0 Å². The molecule has 7 nitrogen and oxygen atoms in total. The van der Waals surface area contributed by atoms with E-state index in [1.165, 1.54) is 6.07 Å². The van der Waals surface area contributed by atoms with E-state index in [9.17, 15) is 10.1 Å². The van der Waals surface area contributed by atoms with E-state index in [1.807, 2.05) is 18.2 Å². The van der Waals surface area contributed by atoms with Crippen LogP contribution in [0.2, 0.25) is 0 Å². The lowest BCUT2D eigenvalue weighted by Gasteiger charge is -2.13. The maximum atomic E-state index is 11.3. The summed E-state index contributed by atoms with van der Waals surface area (Å²) < 4.78 is 8.13. The summed E-state index contributed by atoms with van der Waals surface area (Å²) >= 11 is 0. The number of ether oxygens (including phenoxy) is 1. The molecule has 0 spiro atoms. The molecule has 154 valence electrons. The second-order valence-electron chi connectivity index (χ2n) is 7.78. The van der Waals surface area contributed by atoms with E-state index in [1.54, 1.807) is 24.4 Å². The summed E-state index contributed by atoms with van der Waals surface area (Å²) in [6, 6.07) is 12.0. The van der Waals surface area contributed by atoms with Crippen molar-refractivity contribution in [3.8, 4) is 11.5 Å². The Morgan fingerprint density at radius 1 is 1.17 bits per heavy atom. The molecular formula is C23H24N4O3. The van der Waals surface area contributed by atoms with Crippen molar-refractivity contribution < 1.29 is 9.66 Å². The van der Waals surface area contributed by atoms with Gasteiger partial charge in [0.15, 0.2) is 0 Å². The van der Waals surface area contributed by atoms with Gasteiger partial charge < -0.3 is 9.30 Å². The first-order valence-electron chi connectivity index (χ1n) is 10.2. The number of imidazole rings is 1. The van der Waals surface area contributed by atoms with Crippen LogP contribution in [0, 0.1) is 16.0 Å². The molecule has 0 unspecified atom stereocenters. The minimum Gasteiger partial charge on any atom is -0.450 e. The van der Waals surface area contributed by atoms with Crippen LogP contribution >= 0.6 is 0 Å². The molecule has 0 saturated carbocycles. The number of fused-ring (bicyclic) bond motifs is 3. The number of nitro benzene ring substituents is 1. The lowest BCUT2D eigenvalue weighted by Crippen LogP contribution is -2.08. The summed E-state index contributed by atoms with van der Waals surface area (Å²) in [7, 11) is 0. The van der Waals surface area contributed by atoms with Gasteiger partial charge in [-0.25, -0.2) is 4.98 Å². The van der Waals surface area contributed by atoms with Crippen LogP contribution in [-0.4, -0.2) is 19.5 Å². The number of aryl methyl sites for hydroxylation is 1. The van der Waals surface area contributed by atoms with Crippen molar-refractivity contribution in [3.05, 3.63) is 64.6 Å². The van der Waals surface area contributed by atoms with Crippen molar-refractivity contribution in [2.45, 2.75) is 40.2 Å². The van der Waals surface area contributed by atoms with Gasteiger partial charge >= 0.3 is 5.69 Å². The summed E-state index contributed by atoms with van der Waals surface area (Å²) in [6.07, 6.45) is 3.74. The fraction of sp³-hybridized carbons (Fsp3) is 0.304. The SMILES string of the molecule is CCCc1nc2cnc3cc(Oc4ccccc4[N+](=O)[O-])ccc3c2n1CC(C)C. The normalized spacial score (nSPS) is 11.5. The number of para-hydroxylation sites is 2. The van der Waals surface area contributed by atoms with Crippen molar-refractivity contribution in [1.82, 2.24) is 14.5 Å². The minimum atomic E-state index is -0.447. The molecule has 0 aliphatic rings. The zero-order chi connectivity index (χ0) is 21.3. The average Bonchev–Trinajstić information content (AvgIpc) is 3.05. The van der Waals surface area contributed by atoms with Crippen LogP contribution in [0.3, 0.4) is 0 Å². The second-order valence-corrected chi connectivity index (χ2v) is 7.78. The topological polar surface area (TPSA) is 83.1 Å². The Balaban J connectivity index is 1.81. The number of hydrogen-bond acceptors (Lipinski definition) is 5. The molecule has 0 N–H and O–H groups in total. The average molecular weight is 404 g/mol. The third kappa shape index (κ3) is 3.70. The van der Waals surface area contributed by atoms with E-state index in [0.717, 1.165) is 47.1 Å². The zero-order valence-electron chi connectivity index (χ0n) is 17.3. The van der Waals surface area contributed by atoms with Gasteiger partial charge in [-0.1, -0.05) is 32.9 Å². The monoisotopic (exact) mass is 404 g/mol. The highest BCUT2D eigenvalue weighted by atomic mass is 16.6. The van der Waals surface area contributed by atoms with Crippen molar-refractivity contribution >= 4 is 27.6 Å². The van der Waals surface area contributed by atoms with Crippen LogP contribution in [0.1, 0.15) is 33.0 Å². The molecule has 0 amide bonds. The Bertz CT molecular complexity index is 1230. The molecule has 30 heavy (non-hydrogen) atoms. The van der Waals surface area contributed by atoms with Crippen LogP contribution < -0.4 is 4.74 Å². The van der Waals surface area contributed by atoms with Crippen LogP contribution in [0.25, 0.3) is 21.9 Å². The third-order valence-electron chi connectivity index (χ3n) is 4.93. The molecule has 2 aromatic heterocycles. The Morgan fingerprint density at radius 3 is 2.70 bits per heavy atom. The summed E-state index contributed by atoms with van der Waals surface area (Å²) in [5.41, 5.74) is 2.67. The van der Waals surface area contributed by atoms with Gasteiger partial charge in [0.25, 0.3) is 0 Å². The fourth-order valence-corrected chi connectivity index (χ4v) is 3.70. The number of aromatic nitrogens is 3. The smallest absolute Gasteiger partial charge is 0.311 e. The predicted octanol–water partition coefficient (Wildman–Crippen LogP) is 5.89. The molecule has 2 heterocycles. The lowest BCUT2D eigenvalue weighted by atomic mass is 10.1. The van der Waals surface area contributed by atoms with Crippen LogP contribution in [0.5, 0.6) is 11.5 Å². The summed E-state index contributed by atoms with van der Waals surface area (Å²) in [5.74, 6) is 2.28. The Hall–Kier alpha value is -3.48. The molecule has 0 atom stereocenters. The number of nitrogens with zero attached hydrogens (tertiary/aromatic N) is 4. The maximum Gasteiger partial charge on any atom is 0.311 e. The molecule has 0 radical (unpaired) electrons. The van der Waals surface area contributed by atoms with Gasteiger partial charge in [0.2, 0.25) is 5.75 Å². The summed E-state index contributed by atoms with van der Waals surface area (Å²) in [6.45, 7) is 7.44. The van der Waals surface area contributed by atoms with Gasteiger partial charge in [-0.2, -0.15) is 0 Å². The standard InChI is InChI=1S/C23H24N4O3/c1-4-7-22-25-19-13-24-18-12-16(30-21-9-6-5-8-20(21)27(28)29)10-11-17(18)23(19)26(22)14-15(2)3/h5-6,8-13,15H,4,7,14H2,1-3H3. The van der Waals surface area contributed by atoms with Gasteiger partial charge in [-0.3, -0.25) is 15.1 Å². The quantitative estimate of drug-likeness (QED) is 0.283. The Labute approximate surface area is 174 Å². The van der Waals surface area contributed by atoms with Crippen molar-refractivity contribution in [1.29, 1.82) is 0 Å². The molecule has 4 aromatic rings.